The van der Waals surface area contributed by atoms with E-state index in [4.69, 9.17) is 4.74 Å². The molecule has 168 valence electrons. The van der Waals surface area contributed by atoms with Gasteiger partial charge in [0.1, 0.15) is 6.61 Å². The second-order valence-corrected chi connectivity index (χ2v) is 8.16. The van der Waals surface area contributed by atoms with Gasteiger partial charge in [-0.15, -0.1) is 0 Å². The molecule has 9 heteroatoms. The number of nitrogens with zero attached hydrogens (tertiary/aromatic N) is 4. The normalized spacial score (nSPS) is 18.3. The van der Waals surface area contributed by atoms with Crippen LogP contribution in [0.25, 0.3) is 0 Å². The second-order valence-electron chi connectivity index (χ2n) is 7.78. The Hall–Kier alpha value is -3.20. The lowest BCUT2D eigenvalue weighted by Crippen LogP contribution is -2.43. The van der Waals surface area contributed by atoms with Gasteiger partial charge in [0, 0.05) is 44.1 Å². The highest BCUT2D eigenvalue weighted by Gasteiger charge is 2.36. The molecule has 1 unspecified atom stereocenters. The number of amides is 4. The van der Waals surface area contributed by atoms with Crippen LogP contribution in [0.1, 0.15) is 12.5 Å². The zero-order valence-electron chi connectivity index (χ0n) is 17.9. The molecule has 2 aromatic carbocycles. The summed E-state index contributed by atoms with van der Waals surface area (Å²) in [5.74, 6) is 0. The third-order valence-electron chi connectivity index (χ3n) is 5.80. The number of likely N-dealkylation sites (N-methyl/N-ethyl adjacent to an activating group) is 1. The van der Waals surface area contributed by atoms with Crippen LogP contribution in [0.5, 0.6) is 0 Å². The van der Waals surface area contributed by atoms with Crippen LogP contribution < -0.4 is 9.80 Å². The number of thiol groups is 1. The van der Waals surface area contributed by atoms with Crippen molar-refractivity contribution >= 4 is 41.4 Å². The first-order valence-corrected chi connectivity index (χ1v) is 11.1. The monoisotopic (exact) mass is 454 g/mol. The van der Waals surface area contributed by atoms with Crippen molar-refractivity contribution in [2.75, 3.05) is 42.6 Å². The summed E-state index contributed by atoms with van der Waals surface area (Å²) < 4.78 is 5.23. The maximum Gasteiger partial charge on any atom is 0.414 e. The van der Waals surface area contributed by atoms with Gasteiger partial charge in [-0.2, -0.15) is 0 Å². The Bertz CT molecular complexity index is 985. The smallest absolute Gasteiger partial charge is 0.414 e. The van der Waals surface area contributed by atoms with Crippen molar-refractivity contribution in [3.05, 3.63) is 60.2 Å². The van der Waals surface area contributed by atoms with Gasteiger partial charge in [-0.05, 0) is 36.8 Å². The Kier molecular flexibility index (Phi) is 6.55. The maximum atomic E-state index is 12.9. The van der Waals surface area contributed by atoms with E-state index in [2.05, 4.69) is 12.6 Å². The Morgan fingerprint density at radius 1 is 1.06 bits per heavy atom. The molecular weight excluding hydrogens is 428 g/mol. The van der Waals surface area contributed by atoms with E-state index < -0.39 is 6.09 Å². The number of ether oxygens (including phenoxy) is 1. The number of rotatable bonds is 7. The number of hydrogen-bond donors (Lipinski definition) is 1. The van der Waals surface area contributed by atoms with Crippen LogP contribution in [0.4, 0.5) is 25.8 Å². The van der Waals surface area contributed by atoms with E-state index in [0.29, 0.717) is 38.4 Å². The Morgan fingerprint density at radius 3 is 2.41 bits per heavy atom. The van der Waals surface area contributed by atoms with Crippen molar-refractivity contribution in [2.24, 2.45) is 0 Å². The van der Waals surface area contributed by atoms with Crippen molar-refractivity contribution in [1.82, 2.24) is 9.80 Å². The van der Waals surface area contributed by atoms with Crippen molar-refractivity contribution in [2.45, 2.75) is 19.5 Å². The zero-order valence-corrected chi connectivity index (χ0v) is 18.8. The highest BCUT2D eigenvalue weighted by Crippen LogP contribution is 2.28. The number of cyclic esters (lactones) is 1. The molecule has 0 aromatic heterocycles. The van der Waals surface area contributed by atoms with Crippen LogP contribution in [-0.2, 0) is 11.3 Å². The number of carbonyl (C=O) groups excluding carboxylic acids is 3. The van der Waals surface area contributed by atoms with Crippen LogP contribution in [0.3, 0.4) is 0 Å². The molecule has 1 atom stereocenters. The molecule has 2 aliphatic rings. The SMILES string of the molecule is CCN(CC1COC(=O)N1c1ccc(N2CCN(Cc3ccccc3)C2=O)cc1)C(=O)S. The molecule has 8 nitrogen and oxygen atoms in total. The number of anilines is 2. The summed E-state index contributed by atoms with van der Waals surface area (Å²) in [4.78, 5) is 43.6. The lowest BCUT2D eigenvalue weighted by molar-refractivity contribution is 0.176. The van der Waals surface area contributed by atoms with Crippen LogP contribution in [-0.4, -0.2) is 66.0 Å². The first kappa shape index (κ1) is 22.0. The molecular formula is C23H26N4O4S. The molecule has 2 heterocycles. The number of carbonyl (C=O) groups is 3. The van der Waals surface area contributed by atoms with E-state index in [1.54, 1.807) is 26.8 Å². The van der Waals surface area contributed by atoms with Crippen LogP contribution in [0, 0.1) is 0 Å². The van der Waals surface area contributed by atoms with E-state index in [9.17, 15) is 14.4 Å². The molecule has 0 spiro atoms. The summed E-state index contributed by atoms with van der Waals surface area (Å²) in [7, 11) is 0. The van der Waals surface area contributed by atoms with Gasteiger partial charge in [-0.25, -0.2) is 9.59 Å². The van der Waals surface area contributed by atoms with E-state index in [-0.39, 0.29) is 23.9 Å². The molecule has 2 fully saturated rings. The van der Waals surface area contributed by atoms with Gasteiger partial charge in [0.05, 0.1) is 6.04 Å². The van der Waals surface area contributed by atoms with E-state index in [1.165, 1.54) is 0 Å². The molecule has 0 bridgehead atoms. The lowest BCUT2D eigenvalue weighted by Gasteiger charge is -2.27. The van der Waals surface area contributed by atoms with Crippen LogP contribution in [0.15, 0.2) is 54.6 Å². The summed E-state index contributed by atoms with van der Waals surface area (Å²) in [6.07, 6.45) is -0.447. The molecule has 0 radical (unpaired) electrons. The molecule has 32 heavy (non-hydrogen) atoms. The minimum absolute atomic E-state index is 0.0362. The quantitative estimate of drug-likeness (QED) is 0.646. The summed E-state index contributed by atoms with van der Waals surface area (Å²) in [5.41, 5.74) is 2.54. The highest BCUT2D eigenvalue weighted by atomic mass is 32.1. The fraction of sp³-hybridized carbons (Fsp3) is 0.348. The van der Waals surface area contributed by atoms with Crippen molar-refractivity contribution in [3.63, 3.8) is 0 Å². The zero-order chi connectivity index (χ0) is 22.7. The topological polar surface area (TPSA) is 73.4 Å². The largest absolute Gasteiger partial charge is 0.447 e. The first-order valence-electron chi connectivity index (χ1n) is 10.6. The molecule has 2 aliphatic heterocycles. The maximum absolute atomic E-state index is 12.9. The summed E-state index contributed by atoms with van der Waals surface area (Å²) in [5, 5.41) is -0.338. The molecule has 0 N–H and O–H groups in total. The van der Waals surface area contributed by atoms with Gasteiger partial charge in [-0.1, -0.05) is 43.0 Å². The van der Waals surface area contributed by atoms with E-state index >= 15 is 0 Å². The Labute approximate surface area is 192 Å². The third-order valence-corrected chi connectivity index (χ3v) is 6.08. The molecule has 0 saturated carbocycles. The van der Waals surface area contributed by atoms with Gasteiger partial charge >= 0.3 is 12.1 Å². The summed E-state index contributed by atoms with van der Waals surface area (Å²) >= 11 is 3.90. The number of urea groups is 1. The van der Waals surface area contributed by atoms with Gasteiger partial charge < -0.3 is 14.5 Å². The lowest BCUT2D eigenvalue weighted by atomic mass is 10.2. The summed E-state index contributed by atoms with van der Waals surface area (Å²) in [6.45, 7) is 4.74. The van der Waals surface area contributed by atoms with E-state index in [1.807, 2.05) is 54.3 Å². The van der Waals surface area contributed by atoms with Gasteiger partial charge in [0.2, 0.25) is 0 Å². The fourth-order valence-electron chi connectivity index (χ4n) is 4.07. The first-order chi connectivity index (χ1) is 15.5. The second kappa shape index (κ2) is 9.52. The number of hydrogen-bond acceptors (Lipinski definition) is 4. The molecule has 2 aromatic rings. The van der Waals surface area contributed by atoms with Crippen molar-refractivity contribution < 1.29 is 19.1 Å². The summed E-state index contributed by atoms with van der Waals surface area (Å²) in [6, 6.07) is 16.9. The van der Waals surface area contributed by atoms with Crippen molar-refractivity contribution in [1.29, 1.82) is 0 Å². The average molecular weight is 455 g/mol. The van der Waals surface area contributed by atoms with Gasteiger partial charge in [0.25, 0.3) is 5.24 Å². The Balaban J connectivity index is 1.45. The molecule has 4 amide bonds. The van der Waals surface area contributed by atoms with Crippen LogP contribution in [0.2, 0.25) is 0 Å². The molecule has 0 aliphatic carbocycles. The fourth-order valence-corrected chi connectivity index (χ4v) is 4.30. The predicted molar refractivity (Wildman–Crippen MR) is 125 cm³/mol. The van der Waals surface area contributed by atoms with Crippen molar-refractivity contribution in [3.8, 4) is 0 Å². The minimum Gasteiger partial charge on any atom is -0.447 e. The Morgan fingerprint density at radius 2 is 1.75 bits per heavy atom. The van der Waals surface area contributed by atoms with E-state index in [0.717, 1.165) is 11.3 Å². The standard InChI is InChI=1S/C23H26N4O4S/c1-2-24(23(30)32)15-20-16-31-22(29)27(20)19-10-8-18(9-11-19)26-13-12-25(21(26)28)14-17-6-4-3-5-7-17/h3-11,20H,2,12-16H2,1H3,(H,30,32). The predicted octanol–water partition coefficient (Wildman–Crippen LogP) is 3.83. The van der Waals surface area contributed by atoms with Gasteiger partial charge in [0.15, 0.2) is 0 Å². The highest BCUT2D eigenvalue weighted by molar-refractivity contribution is 7.96. The molecule has 4 rings (SSSR count). The van der Waals surface area contributed by atoms with Gasteiger partial charge in [-0.3, -0.25) is 14.6 Å². The minimum atomic E-state index is -0.447. The molecule has 2 saturated heterocycles. The third kappa shape index (κ3) is 4.52. The van der Waals surface area contributed by atoms with Crippen LogP contribution >= 0.6 is 12.6 Å². The number of benzene rings is 2. The average Bonchev–Trinajstić information content (AvgIpc) is 3.35.